The summed E-state index contributed by atoms with van der Waals surface area (Å²) in [5, 5.41) is 11.1. The Morgan fingerprint density at radius 1 is 0.656 bits per heavy atom. The van der Waals surface area contributed by atoms with Crippen molar-refractivity contribution in [2.24, 2.45) is 0 Å². The van der Waals surface area contributed by atoms with Crippen LogP contribution >= 0.6 is 0 Å². The average molecular weight is 476 g/mol. The van der Waals surface area contributed by atoms with Crippen molar-refractivity contribution in [2.75, 3.05) is 9.44 Å². The zero-order chi connectivity index (χ0) is 23.7. The zero-order valence-corrected chi connectivity index (χ0v) is 19.1. The van der Waals surface area contributed by atoms with Gasteiger partial charge in [0.2, 0.25) is 0 Å². The number of nitro groups is 1. The summed E-state index contributed by atoms with van der Waals surface area (Å²) in [5.74, 6) is 0. The minimum atomic E-state index is -4.11. The molecule has 32 heavy (non-hydrogen) atoms. The Kier molecular flexibility index (Phi) is 6.24. The molecule has 2 N–H and O–H groups in total. The van der Waals surface area contributed by atoms with Gasteiger partial charge in [0, 0.05) is 23.0 Å². The summed E-state index contributed by atoms with van der Waals surface area (Å²) in [5.41, 5.74) is 2.51. The van der Waals surface area contributed by atoms with Gasteiger partial charge in [-0.3, -0.25) is 19.6 Å². The first kappa shape index (κ1) is 23.2. The summed E-state index contributed by atoms with van der Waals surface area (Å²) in [6.45, 7) is 5.30. The van der Waals surface area contributed by atoms with Crippen LogP contribution in [0.5, 0.6) is 0 Å². The van der Waals surface area contributed by atoms with E-state index in [1.165, 1.54) is 43.3 Å². The van der Waals surface area contributed by atoms with Crippen molar-refractivity contribution in [3.8, 4) is 0 Å². The maximum Gasteiger partial charge on any atom is 0.273 e. The van der Waals surface area contributed by atoms with Crippen LogP contribution in [0, 0.1) is 30.9 Å². The van der Waals surface area contributed by atoms with Crippen LogP contribution in [-0.4, -0.2) is 21.8 Å². The maximum atomic E-state index is 12.6. The van der Waals surface area contributed by atoms with Gasteiger partial charge in [0.05, 0.1) is 14.7 Å². The molecule has 3 rings (SSSR count). The number of nitrogens with zero attached hydrogens (tertiary/aromatic N) is 1. The third-order valence-corrected chi connectivity index (χ3v) is 7.64. The number of hydrogen-bond acceptors (Lipinski definition) is 6. The number of hydrogen-bond donors (Lipinski definition) is 2. The molecule has 0 radical (unpaired) electrons. The van der Waals surface area contributed by atoms with Gasteiger partial charge in [0.15, 0.2) is 0 Å². The highest BCUT2D eigenvalue weighted by atomic mass is 32.2. The Morgan fingerprint density at radius 3 is 1.75 bits per heavy atom. The van der Waals surface area contributed by atoms with Gasteiger partial charge in [-0.1, -0.05) is 12.1 Å². The van der Waals surface area contributed by atoms with E-state index in [1.54, 1.807) is 18.2 Å². The molecular weight excluding hydrogens is 454 g/mol. The number of benzene rings is 3. The molecule has 0 aromatic heterocycles. The molecule has 0 saturated carbocycles. The first-order chi connectivity index (χ1) is 14.9. The Balaban J connectivity index is 1.81. The predicted molar refractivity (Wildman–Crippen MR) is 122 cm³/mol. The molecule has 3 aromatic carbocycles. The largest absolute Gasteiger partial charge is 0.280 e. The standard InChI is InChI=1S/C21H21N3O6S2/c1-14-4-6-18(12-16(14)3)23-31(27,28)19-10-7-17(8-11-19)22-32(29,30)20-9-5-15(2)21(13-20)24(25)26/h4-13,22-23H,1-3H3. The van der Waals surface area contributed by atoms with Crippen LogP contribution < -0.4 is 9.44 Å². The third-order valence-electron chi connectivity index (χ3n) is 4.86. The second-order valence-corrected chi connectivity index (χ2v) is 10.6. The number of nitrogens with one attached hydrogen (secondary N) is 2. The SMILES string of the molecule is Cc1ccc(NS(=O)(=O)c2ccc(NS(=O)(=O)c3ccc(C)c([N+](=O)[O-])c3)cc2)cc1C. The smallest absolute Gasteiger partial charge is 0.273 e. The highest BCUT2D eigenvalue weighted by Gasteiger charge is 2.21. The van der Waals surface area contributed by atoms with Crippen molar-refractivity contribution in [2.45, 2.75) is 30.6 Å². The first-order valence-corrected chi connectivity index (χ1v) is 12.3. The van der Waals surface area contributed by atoms with Crippen molar-refractivity contribution < 1.29 is 21.8 Å². The van der Waals surface area contributed by atoms with E-state index in [1.807, 2.05) is 13.8 Å². The van der Waals surface area contributed by atoms with Gasteiger partial charge in [-0.25, -0.2) is 16.8 Å². The van der Waals surface area contributed by atoms with E-state index in [9.17, 15) is 26.9 Å². The average Bonchev–Trinajstić information content (AvgIpc) is 2.70. The van der Waals surface area contributed by atoms with Crippen LogP contribution in [0.4, 0.5) is 17.1 Å². The molecule has 0 amide bonds. The lowest BCUT2D eigenvalue weighted by atomic mass is 10.1. The van der Waals surface area contributed by atoms with E-state index >= 15 is 0 Å². The summed E-state index contributed by atoms with van der Waals surface area (Å²) in [6, 6.07) is 13.9. The summed E-state index contributed by atoms with van der Waals surface area (Å²) >= 11 is 0. The Labute approximate surface area is 186 Å². The lowest BCUT2D eigenvalue weighted by molar-refractivity contribution is -0.385. The number of nitro benzene ring substituents is 1. The summed E-state index contributed by atoms with van der Waals surface area (Å²) in [7, 11) is -7.99. The topological polar surface area (TPSA) is 135 Å². The molecule has 168 valence electrons. The van der Waals surface area contributed by atoms with E-state index in [2.05, 4.69) is 9.44 Å². The molecule has 0 fully saturated rings. The van der Waals surface area contributed by atoms with Gasteiger partial charge in [0.1, 0.15) is 0 Å². The summed E-state index contributed by atoms with van der Waals surface area (Å²) < 4.78 is 55.3. The second-order valence-electron chi connectivity index (χ2n) is 7.24. The van der Waals surface area contributed by atoms with Crippen LogP contribution in [0.2, 0.25) is 0 Å². The number of anilines is 2. The van der Waals surface area contributed by atoms with Gasteiger partial charge in [-0.05, 0) is 74.4 Å². The van der Waals surface area contributed by atoms with E-state index < -0.39 is 25.0 Å². The van der Waals surface area contributed by atoms with Gasteiger partial charge >= 0.3 is 0 Å². The fraction of sp³-hybridized carbons (Fsp3) is 0.143. The van der Waals surface area contributed by atoms with Crippen molar-refractivity contribution in [1.82, 2.24) is 0 Å². The lowest BCUT2D eigenvalue weighted by Gasteiger charge is -2.11. The van der Waals surface area contributed by atoms with E-state index in [4.69, 9.17) is 0 Å². The van der Waals surface area contributed by atoms with Crippen molar-refractivity contribution in [1.29, 1.82) is 0 Å². The lowest BCUT2D eigenvalue weighted by Crippen LogP contribution is -2.15. The highest BCUT2D eigenvalue weighted by molar-refractivity contribution is 7.93. The Morgan fingerprint density at radius 2 is 1.16 bits per heavy atom. The fourth-order valence-electron chi connectivity index (χ4n) is 2.89. The fourth-order valence-corrected chi connectivity index (χ4v) is 5.02. The zero-order valence-electron chi connectivity index (χ0n) is 17.5. The molecule has 0 spiro atoms. The van der Waals surface area contributed by atoms with Crippen LogP contribution in [0.15, 0.2) is 70.5 Å². The van der Waals surface area contributed by atoms with E-state index in [0.29, 0.717) is 11.3 Å². The molecule has 0 heterocycles. The predicted octanol–water partition coefficient (Wildman–Crippen LogP) is 4.12. The summed E-state index contributed by atoms with van der Waals surface area (Å²) in [4.78, 5) is 10.1. The van der Waals surface area contributed by atoms with Crippen molar-refractivity contribution >= 4 is 37.1 Å². The quantitative estimate of drug-likeness (QED) is 0.390. The van der Waals surface area contributed by atoms with Crippen LogP contribution in [0.25, 0.3) is 0 Å². The van der Waals surface area contributed by atoms with Gasteiger partial charge in [-0.15, -0.1) is 0 Å². The highest BCUT2D eigenvalue weighted by Crippen LogP contribution is 2.25. The first-order valence-electron chi connectivity index (χ1n) is 9.37. The van der Waals surface area contributed by atoms with Crippen molar-refractivity contribution in [3.63, 3.8) is 0 Å². The number of aryl methyl sites for hydroxylation is 3. The molecule has 0 aliphatic carbocycles. The van der Waals surface area contributed by atoms with Crippen LogP contribution in [0.1, 0.15) is 16.7 Å². The van der Waals surface area contributed by atoms with E-state index in [0.717, 1.165) is 17.2 Å². The molecule has 0 aliphatic rings. The summed E-state index contributed by atoms with van der Waals surface area (Å²) in [6.07, 6.45) is 0. The molecule has 3 aromatic rings. The Hall–Kier alpha value is -3.44. The monoisotopic (exact) mass is 475 g/mol. The van der Waals surface area contributed by atoms with Crippen LogP contribution in [0.3, 0.4) is 0 Å². The second kappa shape index (κ2) is 8.60. The van der Waals surface area contributed by atoms with Crippen LogP contribution in [-0.2, 0) is 20.0 Å². The number of sulfonamides is 2. The normalized spacial score (nSPS) is 11.7. The number of rotatable bonds is 7. The Bertz CT molecular complexity index is 1400. The minimum absolute atomic E-state index is 0.0513. The van der Waals surface area contributed by atoms with Crippen molar-refractivity contribution in [3.05, 3.63) is 87.5 Å². The van der Waals surface area contributed by atoms with E-state index in [-0.39, 0.29) is 21.2 Å². The molecule has 0 aliphatic heterocycles. The molecule has 11 heteroatoms. The molecule has 0 unspecified atom stereocenters. The molecule has 0 bridgehead atoms. The van der Waals surface area contributed by atoms with Gasteiger partial charge in [-0.2, -0.15) is 0 Å². The third kappa shape index (κ3) is 5.06. The molecule has 0 atom stereocenters. The molecule has 9 nitrogen and oxygen atoms in total. The minimum Gasteiger partial charge on any atom is -0.280 e. The molecular formula is C21H21N3O6S2. The maximum absolute atomic E-state index is 12.6. The molecule has 0 saturated heterocycles. The van der Waals surface area contributed by atoms with Gasteiger partial charge < -0.3 is 0 Å². The van der Waals surface area contributed by atoms with Gasteiger partial charge in [0.25, 0.3) is 25.7 Å².